The van der Waals surface area contributed by atoms with Crippen molar-refractivity contribution in [2.75, 3.05) is 52.9 Å². The van der Waals surface area contributed by atoms with E-state index in [9.17, 15) is 34.5 Å². The Morgan fingerprint density at radius 1 is 0.650 bits per heavy atom. The van der Waals surface area contributed by atoms with Crippen LogP contribution in [-0.2, 0) is 42.9 Å². The van der Waals surface area contributed by atoms with E-state index in [-0.39, 0.29) is 17.8 Å². The fourth-order valence-corrected chi connectivity index (χ4v) is 6.66. The van der Waals surface area contributed by atoms with Crippen molar-refractivity contribution < 1.29 is 58.2 Å². The summed E-state index contributed by atoms with van der Waals surface area (Å²) in [5.74, 6) is -5.64. The zero-order valence-corrected chi connectivity index (χ0v) is 22.7. The molecule has 12 nitrogen and oxygen atoms in total. The van der Waals surface area contributed by atoms with Crippen LogP contribution < -0.4 is 0 Å². The fraction of sp³-hybridized carbons (Fsp3) is 0.786. The Balaban J connectivity index is 0.000000186. The van der Waals surface area contributed by atoms with Crippen LogP contribution in [0.25, 0.3) is 0 Å². The minimum Gasteiger partial charge on any atom is -0.481 e. The van der Waals surface area contributed by atoms with Crippen LogP contribution >= 0.6 is 0 Å². The van der Waals surface area contributed by atoms with Crippen molar-refractivity contribution >= 4 is 23.9 Å². The van der Waals surface area contributed by atoms with E-state index < -0.39 is 41.3 Å². The lowest BCUT2D eigenvalue weighted by Gasteiger charge is -2.42. The van der Waals surface area contributed by atoms with Gasteiger partial charge in [-0.15, -0.1) is 0 Å². The van der Waals surface area contributed by atoms with Crippen molar-refractivity contribution in [3.05, 3.63) is 11.1 Å². The first-order valence-electron chi connectivity index (χ1n) is 14.2. The zero-order chi connectivity index (χ0) is 28.7. The molecule has 40 heavy (non-hydrogen) atoms. The third kappa shape index (κ3) is 6.73. The summed E-state index contributed by atoms with van der Waals surface area (Å²) in [6, 6.07) is 0. The first-order valence-corrected chi connectivity index (χ1v) is 14.2. The minimum atomic E-state index is -2.25. The molecular formula is C28H40O12. The summed E-state index contributed by atoms with van der Waals surface area (Å²) in [4.78, 5) is 47.3. The van der Waals surface area contributed by atoms with Gasteiger partial charge in [-0.3, -0.25) is 4.79 Å². The molecule has 3 N–H and O–H groups in total. The highest BCUT2D eigenvalue weighted by molar-refractivity contribution is 6.12. The Morgan fingerprint density at radius 2 is 1.02 bits per heavy atom. The minimum absolute atomic E-state index is 0.116. The molecule has 12 heteroatoms. The van der Waals surface area contributed by atoms with Crippen LogP contribution in [0, 0.1) is 29.6 Å². The van der Waals surface area contributed by atoms with Crippen LogP contribution in [0.3, 0.4) is 0 Å². The summed E-state index contributed by atoms with van der Waals surface area (Å²) in [6.45, 7) is 4.09. The predicted octanol–water partition coefficient (Wildman–Crippen LogP) is 1.58. The highest BCUT2D eigenvalue weighted by Gasteiger charge is 2.56. The van der Waals surface area contributed by atoms with Gasteiger partial charge in [0, 0.05) is 58.8 Å². The van der Waals surface area contributed by atoms with Gasteiger partial charge < -0.3 is 39.0 Å². The number of rotatable bonds is 7. The molecule has 2 unspecified atom stereocenters. The molecule has 5 aliphatic rings. The van der Waals surface area contributed by atoms with E-state index in [1.54, 1.807) is 0 Å². The summed E-state index contributed by atoms with van der Waals surface area (Å²) < 4.78 is 25.9. The highest BCUT2D eigenvalue weighted by Crippen LogP contribution is 2.41. The number of cyclic esters (lactones) is 2. The lowest BCUT2D eigenvalue weighted by molar-refractivity contribution is -0.194. The van der Waals surface area contributed by atoms with Gasteiger partial charge in [-0.25, -0.2) is 14.4 Å². The molecule has 2 atom stereocenters. The van der Waals surface area contributed by atoms with E-state index in [4.69, 9.17) is 23.7 Å². The number of carbonyl (C=O) groups excluding carboxylic acids is 2. The molecular weight excluding hydrogens is 528 g/mol. The van der Waals surface area contributed by atoms with Crippen LogP contribution in [-0.4, -0.2) is 97.7 Å². The van der Waals surface area contributed by atoms with Crippen molar-refractivity contribution in [1.29, 1.82) is 0 Å². The normalized spacial score (nSPS) is 26.4. The van der Waals surface area contributed by atoms with Gasteiger partial charge in [-0.2, -0.15) is 0 Å². The first-order chi connectivity index (χ1) is 19.2. The number of carboxylic acids is 2. The topological polar surface area (TPSA) is 175 Å². The molecule has 5 rings (SSSR count). The Kier molecular flexibility index (Phi) is 10.7. The van der Waals surface area contributed by atoms with E-state index >= 15 is 0 Å². The van der Waals surface area contributed by atoms with Gasteiger partial charge >= 0.3 is 23.9 Å². The summed E-state index contributed by atoms with van der Waals surface area (Å²) in [5, 5.41) is 29.9. The molecule has 5 aliphatic heterocycles. The van der Waals surface area contributed by atoms with Gasteiger partial charge in [0.05, 0.1) is 17.1 Å². The van der Waals surface area contributed by atoms with Gasteiger partial charge in [-0.1, -0.05) is 0 Å². The molecule has 0 aliphatic carbocycles. The second-order valence-corrected chi connectivity index (χ2v) is 11.1. The molecule has 4 fully saturated rings. The maximum absolute atomic E-state index is 12.0. The second kappa shape index (κ2) is 14.0. The molecule has 0 amide bonds. The quantitative estimate of drug-likeness (QED) is 0.299. The van der Waals surface area contributed by atoms with Gasteiger partial charge in [0.25, 0.3) is 0 Å². The Hall–Kier alpha value is -2.38. The Morgan fingerprint density at radius 3 is 1.40 bits per heavy atom. The number of carbonyl (C=O) groups is 4. The molecule has 5 heterocycles. The Labute approximate surface area is 232 Å². The maximum atomic E-state index is 12.0. The van der Waals surface area contributed by atoms with Gasteiger partial charge in [0.15, 0.2) is 5.60 Å². The second-order valence-electron chi connectivity index (χ2n) is 11.1. The van der Waals surface area contributed by atoms with Gasteiger partial charge in [0.2, 0.25) is 0 Å². The molecule has 0 saturated carbocycles. The molecule has 0 bridgehead atoms. The number of esters is 2. The molecule has 0 radical (unpaired) electrons. The van der Waals surface area contributed by atoms with Crippen molar-refractivity contribution in [1.82, 2.24) is 0 Å². The summed E-state index contributed by atoms with van der Waals surface area (Å²) in [7, 11) is 0. The van der Waals surface area contributed by atoms with Gasteiger partial charge in [0.1, 0.15) is 0 Å². The Bertz CT molecular complexity index is 914. The van der Waals surface area contributed by atoms with Crippen LogP contribution in [0.4, 0.5) is 0 Å². The van der Waals surface area contributed by atoms with E-state index in [2.05, 4.69) is 0 Å². The first kappa shape index (κ1) is 30.6. The SMILES string of the molecule is O=C(O)C(C1CCOCC1)C(O)(C(=O)O)C1CCOCC1.O=C1OC(=O)C(C2CCOCC2)=C1C1CCOCC1. The summed E-state index contributed by atoms with van der Waals surface area (Å²) in [5.41, 5.74) is -1.00. The van der Waals surface area contributed by atoms with Gasteiger partial charge in [-0.05, 0) is 69.1 Å². The fourth-order valence-electron chi connectivity index (χ4n) is 6.66. The number of ether oxygens (including phenoxy) is 5. The predicted molar refractivity (Wildman–Crippen MR) is 136 cm³/mol. The molecule has 0 aromatic heterocycles. The van der Waals surface area contributed by atoms with E-state index in [1.807, 2.05) is 0 Å². The van der Waals surface area contributed by atoms with Crippen LogP contribution in [0.15, 0.2) is 11.1 Å². The lowest BCUT2D eigenvalue weighted by atomic mass is 9.67. The standard InChI is InChI=1S/C14H22O7.C14H18O5/c15-12(16)11(9-1-5-20-6-2-9)14(19,13(17)18)10-3-7-21-8-4-10;15-13-11(9-1-5-17-6-2-9)12(14(16)19-13)10-3-7-18-8-4-10/h9-11,19H,1-8H2,(H,15,16)(H,17,18);9-10H,1-8H2. The van der Waals surface area contributed by atoms with Crippen molar-refractivity contribution in [2.24, 2.45) is 29.6 Å². The average Bonchev–Trinajstić information content (AvgIpc) is 3.28. The van der Waals surface area contributed by atoms with E-state index in [1.165, 1.54) is 0 Å². The summed E-state index contributed by atoms with van der Waals surface area (Å²) in [6.07, 6.45) is 4.81. The number of hydrogen-bond acceptors (Lipinski definition) is 10. The third-order valence-corrected chi connectivity index (χ3v) is 8.84. The van der Waals surface area contributed by atoms with Crippen molar-refractivity contribution in [3.8, 4) is 0 Å². The van der Waals surface area contributed by atoms with Crippen molar-refractivity contribution in [3.63, 3.8) is 0 Å². The molecule has 224 valence electrons. The monoisotopic (exact) mass is 568 g/mol. The largest absolute Gasteiger partial charge is 0.481 e. The zero-order valence-electron chi connectivity index (χ0n) is 22.7. The molecule has 0 aromatic carbocycles. The molecule has 0 aromatic rings. The lowest BCUT2D eigenvalue weighted by Crippen LogP contribution is -2.58. The number of aliphatic hydroxyl groups is 1. The van der Waals surface area contributed by atoms with E-state index in [0.29, 0.717) is 89.7 Å². The molecule has 0 spiro atoms. The average molecular weight is 569 g/mol. The number of hydrogen-bond donors (Lipinski definition) is 3. The van der Waals surface area contributed by atoms with Crippen molar-refractivity contribution in [2.45, 2.75) is 57.0 Å². The molecule has 4 saturated heterocycles. The smallest absolute Gasteiger partial charge is 0.342 e. The van der Waals surface area contributed by atoms with Crippen LogP contribution in [0.5, 0.6) is 0 Å². The van der Waals surface area contributed by atoms with Crippen LogP contribution in [0.1, 0.15) is 51.4 Å². The highest BCUT2D eigenvalue weighted by atomic mass is 16.6. The van der Waals surface area contributed by atoms with E-state index in [0.717, 1.165) is 25.7 Å². The maximum Gasteiger partial charge on any atom is 0.342 e. The number of aliphatic carboxylic acids is 2. The van der Waals surface area contributed by atoms with Crippen LogP contribution in [0.2, 0.25) is 0 Å². The number of carboxylic acid groups (broad SMARTS) is 2. The third-order valence-electron chi connectivity index (χ3n) is 8.84. The summed E-state index contributed by atoms with van der Waals surface area (Å²) >= 11 is 0.